The Morgan fingerprint density at radius 3 is 2.50 bits per heavy atom. The normalized spacial score (nSPS) is 17.9. The first-order chi connectivity index (χ1) is 14.5. The van der Waals surface area contributed by atoms with Gasteiger partial charge in [0.1, 0.15) is 19.3 Å². The maximum atomic E-state index is 13.4. The molecular weight excluding hydrogens is 448 g/mol. The molecule has 2 atom stereocenters. The molecule has 2 unspecified atom stereocenters. The number of ether oxygens (including phenoxy) is 2. The molecule has 2 aromatic rings. The lowest BCUT2D eigenvalue weighted by Gasteiger charge is -2.35. The van der Waals surface area contributed by atoms with E-state index < -0.39 is 6.04 Å². The van der Waals surface area contributed by atoms with E-state index in [4.69, 9.17) is 9.47 Å². The van der Waals surface area contributed by atoms with E-state index in [0.717, 1.165) is 28.4 Å². The van der Waals surface area contributed by atoms with E-state index >= 15 is 0 Å². The van der Waals surface area contributed by atoms with E-state index in [9.17, 15) is 9.59 Å². The molecule has 0 radical (unpaired) electrons. The topological polar surface area (TPSA) is 67.9 Å². The lowest BCUT2D eigenvalue weighted by atomic mass is 9.99. The molecule has 0 bridgehead atoms. The third-order valence-electron chi connectivity index (χ3n) is 5.52. The number of fused-ring (bicyclic) bond motifs is 1. The van der Waals surface area contributed by atoms with Crippen LogP contribution in [0.25, 0.3) is 0 Å². The third kappa shape index (κ3) is 4.31. The van der Waals surface area contributed by atoms with Gasteiger partial charge in [-0.25, -0.2) is 0 Å². The second-order valence-electron chi connectivity index (χ2n) is 7.61. The van der Waals surface area contributed by atoms with Crippen molar-refractivity contribution in [2.75, 3.05) is 19.8 Å². The molecule has 1 saturated heterocycles. The Labute approximate surface area is 184 Å². The van der Waals surface area contributed by atoms with Crippen molar-refractivity contribution in [3.63, 3.8) is 0 Å². The molecule has 2 amide bonds. The van der Waals surface area contributed by atoms with Gasteiger partial charge in [0.2, 0.25) is 11.8 Å². The van der Waals surface area contributed by atoms with Gasteiger partial charge in [0, 0.05) is 17.4 Å². The third-order valence-corrected chi connectivity index (χ3v) is 6.21. The molecule has 6 nitrogen and oxygen atoms in total. The summed E-state index contributed by atoms with van der Waals surface area (Å²) in [4.78, 5) is 27.7. The van der Waals surface area contributed by atoms with Crippen LogP contribution in [0, 0.1) is 0 Å². The maximum Gasteiger partial charge on any atom is 0.247 e. The van der Waals surface area contributed by atoms with Crippen LogP contribution in [0.2, 0.25) is 0 Å². The summed E-state index contributed by atoms with van der Waals surface area (Å²) in [6, 6.07) is 12.3. The Kier molecular flexibility index (Phi) is 6.27. The van der Waals surface area contributed by atoms with Gasteiger partial charge in [0.15, 0.2) is 11.5 Å². The predicted octanol–water partition coefficient (Wildman–Crippen LogP) is 4.15. The summed E-state index contributed by atoms with van der Waals surface area (Å²) in [7, 11) is 0. The second kappa shape index (κ2) is 9.08. The number of carbonyl (C=O) groups is 2. The Bertz CT molecular complexity index is 934. The molecule has 2 aromatic carbocycles. The van der Waals surface area contributed by atoms with E-state index in [0.29, 0.717) is 37.7 Å². The van der Waals surface area contributed by atoms with Gasteiger partial charge in [-0.2, -0.15) is 0 Å². The molecule has 30 heavy (non-hydrogen) atoms. The van der Waals surface area contributed by atoms with Crippen LogP contribution >= 0.6 is 15.9 Å². The summed E-state index contributed by atoms with van der Waals surface area (Å²) in [5, 5.41) is 3.10. The standard InChI is InChI=1S/C23H25BrN2O4/c1-15(17-13-19-20(14-18(17)24)30-12-11-29-19)25-23(28)22(16-7-3-2-4-8-16)26-10-6-5-9-21(26)27/h2-4,7-8,13-15,22H,5-6,9-12H2,1H3,(H,25,28). The first kappa shape index (κ1) is 20.7. The van der Waals surface area contributed by atoms with Gasteiger partial charge in [-0.1, -0.05) is 46.3 Å². The number of benzene rings is 2. The number of carbonyl (C=O) groups excluding carboxylic acids is 2. The average molecular weight is 473 g/mol. The van der Waals surface area contributed by atoms with Gasteiger partial charge in [-0.05, 0) is 43.0 Å². The van der Waals surface area contributed by atoms with Gasteiger partial charge in [-0.3, -0.25) is 9.59 Å². The molecule has 2 heterocycles. The van der Waals surface area contributed by atoms with Crippen molar-refractivity contribution in [3.05, 3.63) is 58.1 Å². The molecule has 2 aliphatic rings. The molecule has 7 heteroatoms. The van der Waals surface area contributed by atoms with E-state index in [1.165, 1.54) is 0 Å². The maximum absolute atomic E-state index is 13.4. The van der Waals surface area contributed by atoms with E-state index in [1.54, 1.807) is 4.90 Å². The summed E-state index contributed by atoms with van der Waals surface area (Å²) in [6.45, 7) is 3.54. The number of hydrogen-bond donors (Lipinski definition) is 1. The van der Waals surface area contributed by atoms with E-state index in [1.807, 2.05) is 49.4 Å². The monoisotopic (exact) mass is 472 g/mol. The van der Waals surface area contributed by atoms with Crippen LogP contribution in [-0.2, 0) is 9.59 Å². The number of amides is 2. The van der Waals surface area contributed by atoms with Crippen molar-refractivity contribution in [1.82, 2.24) is 10.2 Å². The van der Waals surface area contributed by atoms with E-state index in [-0.39, 0.29) is 17.9 Å². The molecule has 1 fully saturated rings. The average Bonchev–Trinajstić information content (AvgIpc) is 2.75. The summed E-state index contributed by atoms with van der Waals surface area (Å²) >= 11 is 3.58. The fourth-order valence-electron chi connectivity index (χ4n) is 3.99. The van der Waals surface area contributed by atoms with Crippen molar-refractivity contribution < 1.29 is 19.1 Å². The van der Waals surface area contributed by atoms with Crippen LogP contribution in [0.1, 0.15) is 49.4 Å². The first-order valence-corrected chi connectivity index (χ1v) is 11.1. The molecule has 4 rings (SSSR count). The first-order valence-electron chi connectivity index (χ1n) is 10.3. The second-order valence-corrected chi connectivity index (χ2v) is 8.46. The lowest BCUT2D eigenvalue weighted by molar-refractivity contribution is -0.143. The minimum atomic E-state index is -0.641. The summed E-state index contributed by atoms with van der Waals surface area (Å²) < 4.78 is 12.1. The smallest absolute Gasteiger partial charge is 0.247 e. The van der Waals surface area contributed by atoms with Gasteiger partial charge in [-0.15, -0.1) is 0 Å². The highest BCUT2D eigenvalue weighted by molar-refractivity contribution is 9.10. The summed E-state index contributed by atoms with van der Waals surface area (Å²) in [5.74, 6) is 1.20. The van der Waals surface area contributed by atoms with Gasteiger partial charge < -0.3 is 19.7 Å². The van der Waals surface area contributed by atoms with Crippen molar-refractivity contribution in [3.8, 4) is 11.5 Å². The SMILES string of the molecule is CC(NC(=O)C(c1ccccc1)N1CCCCC1=O)c1cc2c(cc1Br)OCCO2. The van der Waals surface area contributed by atoms with Crippen LogP contribution in [0.15, 0.2) is 46.9 Å². The molecule has 1 N–H and O–H groups in total. The van der Waals surface area contributed by atoms with Crippen LogP contribution in [0.5, 0.6) is 11.5 Å². The minimum Gasteiger partial charge on any atom is -0.486 e. The Morgan fingerprint density at radius 1 is 1.10 bits per heavy atom. The molecule has 158 valence electrons. The molecule has 0 saturated carbocycles. The highest BCUT2D eigenvalue weighted by atomic mass is 79.9. The van der Waals surface area contributed by atoms with Crippen molar-refractivity contribution in [1.29, 1.82) is 0 Å². The van der Waals surface area contributed by atoms with Crippen molar-refractivity contribution >= 4 is 27.7 Å². The minimum absolute atomic E-state index is 0.0263. The molecule has 0 aliphatic carbocycles. The van der Waals surface area contributed by atoms with Gasteiger partial charge in [0.25, 0.3) is 0 Å². The number of halogens is 1. The zero-order chi connectivity index (χ0) is 21.1. The van der Waals surface area contributed by atoms with Crippen molar-refractivity contribution in [2.24, 2.45) is 0 Å². The number of likely N-dealkylation sites (tertiary alicyclic amines) is 1. The van der Waals surface area contributed by atoms with E-state index in [2.05, 4.69) is 21.2 Å². The largest absolute Gasteiger partial charge is 0.486 e. The molecule has 2 aliphatic heterocycles. The fourth-order valence-corrected chi connectivity index (χ4v) is 4.66. The number of nitrogens with zero attached hydrogens (tertiary/aromatic N) is 1. The number of hydrogen-bond acceptors (Lipinski definition) is 4. The highest BCUT2D eigenvalue weighted by Gasteiger charge is 2.33. The predicted molar refractivity (Wildman–Crippen MR) is 116 cm³/mol. The zero-order valence-corrected chi connectivity index (χ0v) is 18.5. The van der Waals surface area contributed by atoms with Crippen LogP contribution in [-0.4, -0.2) is 36.5 Å². The highest BCUT2D eigenvalue weighted by Crippen LogP contribution is 2.38. The Morgan fingerprint density at radius 2 is 1.80 bits per heavy atom. The quantitative estimate of drug-likeness (QED) is 0.709. The fraction of sp³-hybridized carbons (Fsp3) is 0.391. The van der Waals surface area contributed by atoms with Gasteiger partial charge in [0.05, 0.1) is 6.04 Å². The number of piperidine rings is 1. The van der Waals surface area contributed by atoms with Crippen LogP contribution in [0.3, 0.4) is 0 Å². The molecule has 0 aromatic heterocycles. The summed E-state index contributed by atoms with van der Waals surface area (Å²) in [5.41, 5.74) is 1.71. The Balaban J connectivity index is 1.58. The Hall–Kier alpha value is -2.54. The number of rotatable bonds is 5. The number of nitrogens with one attached hydrogen (secondary N) is 1. The van der Waals surface area contributed by atoms with Crippen molar-refractivity contribution in [2.45, 2.75) is 38.3 Å². The van der Waals surface area contributed by atoms with Crippen LogP contribution in [0.4, 0.5) is 0 Å². The molecular formula is C23H25BrN2O4. The zero-order valence-electron chi connectivity index (χ0n) is 16.9. The molecule has 0 spiro atoms. The van der Waals surface area contributed by atoms with Crippen LogP contribution < -0.4 is 14.8 Å². The summed E-state index contributed by atoms with van der Waals surface area (Å²) in [6.07, 6.45) is 2.27. The lowest BCUT2D eigenvalue weighted by Crippen LogP contribution is -2.46. The van der Waals surface area contributed by atoms with Gasteiger partial charge >= 0.3 is 0 Å².